The molecule has 1 unspecified atom stereocenters. The van der Waals surface area contributed by atoms with Gasteiger partial charge < -0.3 is 10.6 Å². The van der Waals surface area contributed by atoms with E-state index >= 15 is 0 Å². The molecule has 1 aliphatic heterocycles. The second kappa shape index (κ2) is 8.51. The molecule has 0 aliphatic carbocycles. The van der Waals surface area contributed by atoms with E-state index in [4.69, 9.17) is 5.73 Å². The van der Waals surface area contributed by atoms with E-state index < -0.39 is 0 Å². The van der Waals surface area contributed by atoms with Gasteiger partial charge in [0.05, 0.1) is 6.04 Å². The Balaban J connectivity index is 2.12. The fourth-order valence-electron chi connectivity index (χ4n) is 2.44. The van der Waals surface area contributed by atoms with Crippen molar-refractivity contribution >= 4 is 5.91 Å². The highest BCUT2D eigenvalue weighted by Crippen LogP contribution is 2.12. The minimum atomic E-state index is -0.255. The molecule has 0 saturated carbocycles. The summed E-state index contributed by atoms with van der Waals surface area (Å²) in [6.07, 6.45) is 10.6. The Hall–Kier alpha value is -0.570. The Kier molecular flexibility index (Phi) is 7.25. The lowest BCUT2D eigenvalue weighted by Crippen LogP contribution is -2.45. The first-order chi connectivity index (χ1) is 8.25. The fourth-order valence-corrected chi connectivity index (χ4v) is 2.44. The molecule has 0 bridgehead atoms. The molecule has 0 aromatic rings. The summed E-state index contributed by atoms with van der Waals surface area (Å²) < 4.78 is 0. The molecule has 1 rings (SSSR count). The summed E-state index contributed by atoms with van der Waals surface area (Å²) in [6.45, 7) is 4.05. The van der Waals surface area contributed by atoms with Crippen molar-refractivity contribution in [1.29, 1.82) is 0 Å². The van der Waals surface area contributed by atoms with Gasteiger partial charge in [0.15, 0.2) is 0 Å². The molecule has 17 heavy (non-hydrogen) atoms. The topological polar surface area (TPSA) is 46.3 Å². The van der Waals surface area contributed by atoms with Crippen LogP contribution >= 0.6 is 0 Å². The van der Waals surface area contributed by atoms with Gasteiger partial charge in [-0.05, 0) is 25.7 Å². The van der Waals surface area contributed by atoms with Crippen LogP contribution in [0.5, 0.6) is 0 Å². The Morgan fingerprint density at radius 2 is 1.76 bits per heavy atom. The molecule has 0 radical (unpaired) electrons. The van der Waals surface area contributed by atoms with E-state index in [2.05, 4.69) is 6.92 Å². The van der Waals surface area contributed by atoms with Crippen LogP contribution in [0, 0.1) is 0 Å². The first-order valence-corrected chi connectivity index (χ1v) is 7.30. The molecule has 1 saturated heterocycles. The molecule has 0 aromatic carbocycles. The first kappa shape index (κ1) is 14.5. The third kappa shape index (κ3) is 5.53. The molecule has 1 fully saturated rings. The summed E-state index contributed by atoms with van der Waals surface area (Å²) >= 11 is 0. The van der Waals surface area contributed by atoms with E-state index in [9.17, 15) is 4.79 Å². The van der Waals surface area contributed by atoms with Crippen molar-refractivity contribution in [1.82, 2.24) is 4.90 Å². The summed E-state index contributed by atoms with van der Waals surface area (Å²) in [5.74, 6) is 0.181. The predicted octanol–water partition coefficient (Wildman–Crippen LogP) is 2.69. The third-order valence-corrected chi connectivity index (χ3v) is 3.60. The third-order valence-electron chi connectivity index (χ3n) is 3.60. The Labute approximate surface area is 106 Å². The van der Waals surface area contributed by atoms with Gasteiger partial charge in [0.25, 0.3) is 0 Å². The highest BCUT2D eigenvalue weighted by Gasteiger charge is 2.21. The molecule has 1 aliphatic rings. The van der Waals surface area contributed by atoms with Crippen LogP contribution in [-0.2, 0) is 4.79 Å². The highest BCUT2D eigenvalue weighted by atomic mass is 16.2. The van der Waals surface area contributed by atoms with Crippen molar-refractivity contribution in [3.8, 4) is 0 Å². The average Bonchev–Trinajstić information content (AvgIpc) is 2.38. The van der Waals surface area contributed by atoms with Gasteiger partial charge in [-0.15, -0.1) is 0 Å². The minimum Gasteiger partial charge on any atom is -0.341 e. The quantitative estimate of drug-likeness (QED) is 0.695. The summed E-state index contributed by atoms with van der Waals surface area (Å²) in [6, 6.07) is -0.255. The maximum Gasteiger partial charge on any atom is 0.239 e. The zero-order valence-corrected chi connectivity index (χ0v) is 11.3. The lowest BCUT2D eigenvalue weighted by atomic mass is 10.0. The molecule has 1 heterocycles. The van der Waals surface area contributed by atoms with Crippen LogP contribution in [0.15, 0.2) is 0 Å². The number of hydrogen-bond acceptors (Lipinski definition) is 2. The van der Waals surface area contributed by atoms with E-state index in [1.807, 2.05) is 4.90 Å². The maximum atomic E-state index is 12.0. The zero-order valence-electron chi connectivity index (χ0n) is 11.3. The van der Waals surface area contributed by atoms with Gasteiger partial charge in [-0.25, -0.2) is 0 Å². The summed E-state index contributed by atoms with van der Waals surface area (Å²) in [7, 11) is 0. The monoisotopic (exact) mass is 240 g/mol. The van der Waals surface area contributed by atoms with Gasteiger partial charge in [-0.2, -0.15) is 0 Å². The van der Waals surface area contributed by atoms with Gasteiger partial charge in [-0.1, -0.05) is 39.0 Å². The SMILES string of the molecule is CCCCCCCC(N)C(=O)N1CCCCC1. The van der Waals surface area contributed by atoms with E-state index in [0.717, 1.165) is 38.8 Å². The van der Waals surface area contributed by atoms with Crippen LogP contribution < -0.4 is 5.73 Å². The standard InChI is InChI=1S/C14H28N2O/c1-2-3-4-5-7-10-13(15)14(17)16-11-8-6-9-12-16/h13H,2-12,15H2,1H3. The minimum absolute atomic E-state index is 0.181. The van der Waals surface area contributed by atoms with Crippen molar-refractivity contribution in [3.63, 3.8) is 0 Å². The number of carbonyl (C=O) groups is 1. The Morgan fingerprint density at radius 3 is 2.41 bits per heavy atom. The van der Waals surface area contributed by atoms with Crippen molar-refractivity contribution in [2.24, 2.45) is 5.73 Å². The van der Waals surface area contributed by atoms with Crippen LogP contribution in [0.4, 0.5) is 0 Å². The van der Waals surface area contributed by atoms with Gasteiger partial charge in [-0.3, -0.25) is 4.79 Å². The molecule has 2 N–H and O–H groups in total. The number of piperidine rings is 1. The van der Waals surface area contributed by atoms with Gasteiger partial charge in [0, 0.05) is 13.1 Å². The van der Waals surface area contributed by atoms with Gasteiger partial charge in [0.2, 0.25) is 5.91 Å². The lowest BCUT2D eigenvalue weighted by molar-refractivity contribution is -0.133. The molecule has 100 valence electrons. The highest BCUT2D eigenvalue weighted by molar-refractivity contribution is 5.81. The maximum absolute atomic E-state index is 12.0. The second-order valence-corrected chi connectivity index (χ2v) is 5.20. The molecule has 1 amide bonds. The normalized spacial score (nSPS) is 18.1. The van der Waals surface area contributed by atoms with Crippen LogP contribution in [0.3, 0.4) is 0 Å². The smallest absolute Gasteiger partial charge is 0.239 e. The number of likely N-dealkylation sites (tertiary alicyclic amines) is 1. The molecule has 0 aromatic heterocycles. The second-order valence-electron chi connectivity index (χ2n) is 5.20. The molecule has 3 heteroatoms. The van der Waals surface area contributed by atoms with Crippen LogP contribution in [0.2, 0.25) is 0 Å². The van der Waals surface area contributed by atoms with Gasteiger partial charge in [0.1, 0.15) is 0 Å². The van der Waals surface area contributed by atoms with Crippen molar-refractivity contribution in [2.75, 3.05) is 13.1 Å². The summed E-state index contributed by atoms with van der Waals surface area (Å²) in [5, 5.41) is 0. The lowest BCUT2D eigenvalue weighted by Gasteiger charge is -2.29. The number of hydrogen-bond donors (Lipinski definition) is 1. The predicted molar refractivity (Wildman–Crippen MR) is 71.8 cm³/mol. The molecular weight excluding hydrogens is 212 g/mol. The van der Waals surface area contributed by atoms with Crippen molar-refractivity contribution in [2.45, 2.75) is 70.8 Å². The molecule has 0 spiro atoms. The van der Waals surface area contributed by atoms with E-state index in [0.29, 0.717) is 0 Å². The fraction of sp³-hybridized carbons (Fsp3) is 0.929. The number of amides is 1. The number of nitrogens with zero attached hydrogens (tertiary/aromatic N) is 1. The molecular formula is C14H28N2O. The van der Waals surface area contributed by atoms with E-state index in [1.54, 1.807) is 0 Å². The summed E-state index contributed by atoms with van der Waals surface area (Å²) in [5.41, 5.74) is 5.97. The van der Waals surface area contributed by atoms with Crippen molar-refractivity contribution < 1.29 is 4.79 Å². The van der Waals surface area contributed by atoms with Gasteiger partial charge >= 0.3 is 0 Å². The van der Waals surface area contributed by atoms with Crippen LogP contribution in [-0.4, -0.2) is 29.9 Å². The molecule has 1 atom stereocenters. The van der Waals surface area contributed by atoms with Crippen molar-refractivity contribution in [3.05, 3.63) is 0 Å². The first-order valence-electron chi connectivity index (χ1n) is 7.30. The largest absolute Gasteiger partial charge is 0.341 e. The average molecular weight is 240 g/mol. The van der Waals surface area contributed by atoms with E-state index in [-0.39, 0.29) is 11.9 Å². The van der Waals surface area contributed by atoms with Crippen LogP contribution in [0.25, 0.3) is 0 Å². The van der Waals surface area contributed by atoms with E-state index in [1.165, 1.54) is 32.1 Å². The Bertz CT molecular complexity index is 212. The number of nitrogens with two attached hydrogens (primary N) is 1. The van der Waals surface area contributed by atoms with Crippen LogP contribution in [0.1, 0.15) is 64.7 Å². The zero-order chi connectivity index (χ0) is 12.5. The number of rotatable bonds is 7. The Morgan fingerprint density at radius 1 is 1.12 bits per heavy atom. The number of carbonyl (C=O) groups excluding carboxylic acids is 1. The summed E-state index contributed by atoms with van der Waals surface area (Å²) in [4.78, 5) is 14.0. The number of unbranched alkanes of at least 4 members (excludes halogenated alkanes) is 4. The molecule has 3 nitrogen and oxygen atoms in total.